The Hall–Kier alpha value is -2.41. The van der Waals surface area contributed by atoms with Crippen LogP contribution in [0.5, 0.6) is 0 Å². The quantitative estimate of drug-likeness (QED) is 0.549. The van der Waals surface area contributed by atoms with Gasteiger partial charge in [-0.2, -0.15) is 0 Å². The number of aliphatic hydroxyl groups is 1. The summed E-state index contributed by atoms with van der Waals surface area (Å²) in [5.41, 5.74) is 0.993. The monoisotopic (exact) mass is 541 g/mol. The van der Waals surface area contributed by atoms with Gasteiger partial charge in [0.25, 0.3) is 0 Å². The molecule has 2 aliphatic heterocycles. The predicted molar refractivity (Wildman–Crippen MR) is 155 cm³/mol. The topological polar surface area (TPSA) is 81.2 Å². The van der Waals surface area contributed by atoms with Crippen LogP contribution < -0.4 is 0 Å². The number of aliphatic hydroxyl groups excluding tert-OH is 1. The maximum atomic E-state index is 13.3. The van der Waals surface area contributed by atoms with Crippen molar-refractivity contribution in [2.45, 2.75) is 77.6 Å². The molecule has 2 saturated heterocycles. The molecule has 7 heteroatoms. The molecule has 0 spiro atoms. The lowest BCUT2D eigenvalue weighted by molar-refractivity contribution is -0.146. The maximum absolute atomic E-state index is 13.3. The zero-order valence-corrected chi connectivity index (χ0v) is 24.9. The van der Waals surface area contributed by atoms with E-state index in [-0.39, 0.29) is 29.1 Å². The van der Waals surface area contributed by atoms with Crippen LogP contribution in [0.1, 0.15) is 83.1 Å². The van der Waals surface area contributed by atoms with E-state index in [1.165, 1.54) is 32.1 Å². The van der Waals surface area contributed by atoms with Crippen molar-refractivity contribution in [2.24, 2.45) is 23.2 Å². The third-order valence-electron chi connectivity index (χ3n) is 9.37. The van der Waals surface area contributed by atoms with Gasteiger partial charge in [-0.25, -0.2) is 0 Å². The lowest BCUT2D eigenvalue weighted by atomic mass is 9.72. The summed E-state index contributed by atoms with van der Waals surface area (Å²) in [6.45, 7) is 7.12. The minimum Gasteiger partial charge on any atom is -0.400 e. The van der Waals surface area contributed by atoms with Crippen molar-refractivity contribution < 1.29 is 19.5 Å². The Balaban J connectivity index is 0.00000205. The highest BCUT2D eigenvalue weighted by molar-refractivity contribution is 5.85. The minimum atomic E-state index is -0.236. The Bertz CT molecular complexity index is 942. The van der Waals surface area contributed by atoms with Gasteiger partial charge in [-0.15, -0.1) is 0 Å². The van der Waals surface area contributed by atoms with Crippen LogP contribution in [0, 0.1) is 23.2 Å². The number of nitrogens with zero attached hydrogens (tertiary/aromatic N) is 3. The first-order valence-corrected chi connectivity index (χ1v) is 14.9. The molecule has 0 aromatic heterocycles. The van der Waals surface area contributed by atoms with Gasteiger partial charge in [0.2, 0.25) is 17.7 Å². The van der Waals surface area contributed by atoms with Crippen molar-refractivity contribution in [1.29, 1.82) is 0 Å². The Labute approximate surface area is 235 Å². The van der Waals surface area contributed by atoms with Crippen LogP contribution in [0.15, 0.2) is 30.3 Å². The summed E-state index contributed by atoms with van der Waals surface area (Å²) in [5.74, 6) is 1.24. The van der Waals surface area contributed by atoms with Gasteiger partial charge in [0, 0.05) is 66.1 Å². The van der Waals surface area contributed by atoms with Gasteiger partial charge in [-0.05, 0) is 35.7 Å². The van der Waals surface area contributed by atoms with Crippen LogP contribution in [0.25, 0.3) is 0 Å². The Morgan fingerprint density at radius 2 is 1.69 bits per heavy atom. The van der Waals surface area contributed by atoms with Crippen molar-refractivity contribution in [1.82, 2.24) is 14.7 Å². The fraction of sp³-hybridized carbons (Fsp3) is 0.719. The smallest absolute Gasteiger partial charge is 0.227 e. The number of hydrogen-bond acceptors (Lipinski definition) is 4. The third-order valence-corrected chi connectivity index (χ3v) is 9.37. The Morgan fingerprint density at radius 3 is 2.31 bits per heavy atom. The van der Waals surface area contributed by atoms with E-state index in [9.17, 15) is 14.4 Å². The highest BCUT2D eigenvalue weighted by atomic mass is 16.2. The summed E-state index contributed by atoms with van der Waals surface area (Å²) in [4.78, 5) is 45.3. The van der Waals surface area contributed by atoms with Crippen LogP contribution in [0.4, 0.5) is 0 Å². The average molecular weight is 542 g/mol. The number of piperidine rings is 2. The van der Waals surface area contributed by atoms with E-state index in [2.05, 4.69) is 18.7 Å². The number of benzene rings is 1. The molecule has 3 fully saturated rings. The zero-order chi connectivity index (χ0) is 28.6. The van der Waals surface area contributed by atoms with E-state index in [0.29, 0.717) is 37.8 Å². The van der Waals surface area contributed by atoms with E-state index in [1.54, 1.807) is 19.0 Å². The summed E-state index contributed by atoms with van der Waals surface area (Å²) in [6, 6.07) is 10.0. The lowest BCUT2D eigenvalue weighted by Crippen LogP contribution is -2.55. The molecule has 218 valence electrons. The first-order chi connectivity index (χ1) is 18.7. The first-order valence-electron chi connectivity index (χ1n) is 14.9. The minimum absolute atomic E-state index is 0.0731. The van der Waals surface area contributed by atoms with Gasteiger partial charge < -0.3 is 19.8 Å². The summed E-state index contributed by atoms with van der Waals surface area (Å²) < 4.78 is 0. The molecule has 2 heterocycles. The molecule has 3 unspecified atom stereocenters. The highest BCUT2D eigenvalue weighted by Crippen LogP contribution is 2.39. The average Bonchev–Trinajstić information content (AvgIpc) is 2.95. The zero-order valence-electron chi connectivity index (χ0n) is 24.9. The van der Waals surface area contributed by atoms with Crippen molar-refractivity contribution in [3.63, 3.8) is 0 Å². The van der Waals surface area contributed by atoms with Crippen molar-refractivity contribution >= 4 is 17.7 Å². The van der Waals surface area contributed by atoms with Crippen LogP contribution in [-0.2, 0) is 14.4 Å². The van der Waals surface area contributed by atoms with Gasteiger partial charge >= 0.3 is 0 Å². The van der Waals surface area contributed by atoms with Gasteiger partial charge in [0.1, 0.15) is 0 Å². The third kappa shape index (κ3) is 8.06. The van der Waals surface area contributed by atoms with Crippen LogP contribution in [0.3, 0.4) is 0 Å². The van der Waals surface area contributed by atoms with Crippen molar-refractivity contribution in [3.05, 3.63) is 35.9 Å². The largest absolute Gasteiger partial charge is 0.400 e. The molecule has 1 saturated carbocycles. The van der Waals surface area contributed by atoms with Crippen LogP contribution in [0.2, 0.25) is 0 Å². The van der Waals surface area contributed by atoms with E-state index < -0.39 is 0 Å². The molecule has 39 heavy (non-hydrogen) atoms. The molecular formula is C32H51N3O4. The van der Waals surface area contributed by atoms with E-state index in [4.69, 9.17) is 5.11 Å². The standard InChI is InChI=1S/C31H47N3O3.CH4O/c1-31(2)22-33(28(35)16-15-23-11-7-5-8-12-23)18-17-25(31)20-34-21-27(30(37)32(3)4)26(19-29(34)36)24-13-9-6-10-14-24;1-2/h6,9-10,13-14,23,25-27H,5,7-8,11-12,15-22H2,1-4H3;2H,1H3. The Morgan fingerprint density at radius 1 is 1.03 bits per heavy atom. The molecule has 0 radical (unpaired) electrons. The molecule has 1 aromatic rings. The molecule has 7 nitrogen and oxygen atoms in total. The van der Waals surface area contributed by atoms with Gasteiger partial charge in [-0.1, -0.05) is 76.3 Å². The number of amides is 3. The molecular weight excluding hydrogens is 490 g/mol. The second-order valence-corrected chi connectivity index (χ2v) is 12.7. The second kappa shape index (κ2) is 14.3. The molecule has 1 aromatic carbocycles. The van der Waals surface area contributed by atoms with E-state index >= 15 is 0 Å². The molecule has 3 aliphatic rings. The summed E-state index contributed by atoms with van der Waals surface area (Å²) in [7, 11) is 4.60. The molecule has 4 rings (SSSR count). The number of rotatable bonds is 7. The highest BCUT2D eigenvalue weighted by Gasteiger charge is 2.43. The molecule has 1 aliphatic carbocycles. The van der Waals surface area contributed by atoms with Gasteiger partial charge in [-0.3, -0.25) is 14.4 Å². The van der Waals surface area contributed by atoms with Crippen molar-refractivity contribution in [3.8, 4) is 0 Å². The SMILES string of the molecule is CN(C)C(=O)C1CN(CC2CCN(C(=O)CCC3CCCCC3)CC2(C)C)C(=O)CC1c1ccccc1.CO. The normalized spacial score (nSPS) is 25.5. The van der Waals surface area contributed by atoms with E-state index in [0.717, 1.165) is 44.5 Å². The van der Waals surface area contributed by atoms with E-state index in [1.807, 2.05) is 35.2 Å². The fourth-order valence-electron chi connectivity index (χ4n) is 6.92. The van der Waals surface area contributed by atoms with Gasteiger partial charge in [0.15, 0.2) is 0 Å². The summed E-state index contributed by atoms with van der Waals surface area (Å²) >= 11 is 0. The number of carbonyl (C=O) groups excluding carboxylic acids is 3. The number of likely N-dealkylation sites (tertiary alicyclic amines) is 2. The molecule has 3 atom stereocenters. The van der Waals surface area contributed by atoms with Crippen LogP contribution in [-0.4, -0.2) is 84.9 Å². The van der Waals surface area contributed by atoms with Crippen LogP contribution >= 0.6 is 0 Å². The number of carbonyl (C=O) groups is 3. The second-order valence-electron chi connectivity index (χ2n) is 12.7. The lowest BCUT2D eigenvalue weighted by Gasteiger charge is -2.47. The fourth-order valence-corrected chi connectivity index (χ4v) is 6.92. The first kappa shape index (κ1) is 31.1. The molecule has 3 amide bonds. The number of hydrogen-bond donors (Lipinski definition) is 1. The molecule has 0 bridgehead atoms. The summed E-state index contributed by atoms with van der Waals surface area (Å²) in [6.07, 6.45) is 9.53. The predicted octanol–water partition coefficient (Wildman–Crippen LogP) is 4.55. The summed E-state index contributed by atoms with van der Waals surface area (Å²) in [5, 5.41) is 7.00. The maximum Gasteiger partial charge on any atom is 0.227 e. The molecule has 1 N–H and O–H groups in total. The van der Waals surface area contributed by atoms with Gasteiger partial charge in [0.05, 0.1) is 5.92 Å². The van der Waals surface area contributed by atoms with Crippen molar-refractivity contribution in [2.75, 3.05) is 47.4 Å². The Kier molecular flexibility index (Phi) is 11.4.